The minimum atomic E-state index is -4.43. The Kier molecular flexibility index (Phi) is 6.33. The van der Waals surface area contributed by atoms with E-state index in [2.05, 4.69) is 10.6 Å². The van der Waals surface area contributed by atoms with E-state index in [4.69, 9.17) is 5.73 Å². The van der Waals surface area contributed by atoms with Gasteiger partial charge < -0.3 is 21.7 Å². The summed E-state index contributed by atoms with van der Waals surface area (Å²) in [5, 5.41) is 6.62. The van der Waals surface area contributed by atoms with Crippen LogP contribution in [0.2, 0.25) is 0 Å². The molecule has 3 amide bonds. The number of hydrogen-bond donors (Lipinski definition) is 4. The van der Waals surface area contributed by atoms with E-state index in [0.717, 1.165) is 0 Å². The highest BCUT2D eigenvalue weighted by molar-refractivity contribution is 5.81. The molecule has 0 saturated heterocycles. The van der Waals surface area contributed by atoms with Crippen LogP contribution in [0, 0.1) is 0 Å². The van der Waals surface area contributed by atoms with Crippen molar-refractivity contribution in [2.75, 3.05) is 19.6 Å². The highest BCUT2D eigenvalue weighted by atomic mass is 19.4. The first-order valence-corrected chi connectivity index (χ1v) is 4.83. The summed E-state index contributed by atoms with van der Waals surface area (Å²) in [7, 11) is 0. The fourth-order valence-electron chi connectivity index (χ4n) is 0.908. The SMILES string of the molecule is CC(NCCNC(N)=O)C(=O)NCC(F)(F)F. The lowest BCUT2D eigenvalue weighted by atomic mass is 10.3. The van der Waals surface area contributed by atoms with Gasteiger partial charge in [0.1, 0.15) is 6.54 Å². The second-order valence-corrected chi connectivity index (χ2v) is 3.30. The van der Waals surface area contributed by atoms with Crippen LogP contribution in [0.3, 0.4) is 0 Å². The maximum Gasteiger partial charge on any atom is 0.405 e. The van der Waals surface area contributed by atoms with E-state index in [9.17, 15) is 22.8 Å². The Labute approximate surface area is 96.1 Å². The zero-order chi connectivity index (χ0) is 13.5. The molecule has 6 nitrogen and oxygen atoms in total. The molecule has 0 fully saturated rings. The first-order chi connectivity index (χ1) is 7.72. The number of amides is 3. The maximum atomic E-state index is 11.8. The van der Waals surface area contributed by atoms with Crippen LogP contribution in [0.5, 0.6) is 0 Å². The smallest absolute Gasteiger partial charge is 0.352 e. The van der Waals surface area contributed by atoms with Crippen molar-refractivity contribution in [1.82, 2.24) is 16.0 Å². The maximum absolute atomic E-state index is 11.8. The van der Waals surface area contributed by atoms with Crippen molar-refractivity contribution in [1.29, 1.82) is 0 Å². The molecule has 17 heavy (non-hydrogen) atoms. The number of halogens is 3. The van der Waals surface area contributed by atoms with Gasteiger partial charge in [0.25, 0.3) is 0 Å². The second kappa shape index (κ2) is 6.94. The molecule has 0 bridgehead atoms. The molecule has 0 spiro atoms. The number of carbonyl (C=O) groups excluding carboxylic acids is 2. The van der Waals surface area contributed by atoms with E-state index in [0.29, 0.717) is 0 Å². The molecule has 0 heterocycles. The van der Waals surface area contributed by atoms with E-state index < -0.39 is 30.7 Å². The Morgan fingerprint density at radius 2 is 1.82 bits per heavy atom. The Morgan fingerprint density at radius 3 is 2.29 bits per heavy atom. The molecule has 5 N–H and O–H groups in total. The molecule has 0 aromatic carbocycles. The molecule has 0 aliphatic carbocycles. The third kappa shape index (κ3) is 9.42. The molecule has 0 aromatic heterocycles. The van der Waals surface area contributed by atoms with Crippen LogP contribution in [0.4, 0.5) is 18.0 Å². The highest BCUT2D eigenvalue weighted by Crippen LogP contribution is 2.12. The molecule has 0 rings (SSSR count). The van der Waals surface area contributed by atoms with Crippen LogP contribution >= 0.6 is 0 Å². The molecule has 100 valence electrons. The number of nitrogens with two attached hydrogens (primary N) is 1. The first kappa shape index (κ1) is 15.5. The molecule has 0 aliphatic rings. The molecule has 0 aromatic rings. The summed E-state index contributed by atoms with van der Waals surface area (Å²) < 4.78 is 35.3. The summed E-state index contributed by atoms with van der Waals surface area (Å²) >= 11 is 0. The normalized spacial score (nSPS) is 12.9. The summed E-state index contributed by atoms with van der Waals surface area (Å²) in [6.45, 7) is 0.461. The Balaban J connectivity index is 3.71. The largest absolute Gasteiger partial charge is 0.405 e. The van der Waals surface area contributed by atoms with Gasteiger partial charge in [-0.15, -0.1) is 0 Å². The molecule has 1 atom stereocenters. The van der Waals surface area contributed by atoms with Gasteiger partial charge in [-0.2, -0.15) is 13.2 Å². The molecule has 0 aliphatic heterocycles. The average molecular weight is 256 g/mol. The summed E-state index contributed by atoms with van der Waals surface area (Å²) in [4.78, 5) is 21.4. The number of primary amides is 1. The van der Waals surface area contributed by atoms with E-state index >= 15 is 0 Å². The van der Waals surface area contributed by atoms with Crippen LogP contribution in [0.25, 0.3) is 0 Å². The van der Waals surface area contributed by atoms with Crippen LogP contribution in [0.1, 0.15) is 6.92 Å². The minimum Gasteiger partial charge on any atom is -0.352 e. The van der Waals surface area contributed by atoms with Crippen molar-refractivity contribution in [2.24, 2.45) is 5.73 Å². The second-order valence-electron chi connectivity index (χ2n) is 3.30. The van der Waals surface area contributed by atoms with Gasteiger partial charge in [-0.3, -0.25) is 4.79 Å². The van der Waals surface area contributed by atoms with Crippen molar-refractivity contribution in [3.8, 4) is 0 Å². The summed E-state index contributed by atoms with van der Waals surface area (Å²) in [6.07, 6.45) is -4.43. The predicted molar refractivity (Wildman–Crippen MR) is 54.1 cm³/mol. The van der Waals surface area contributed by atoms with Crippen molar-refractivity contribution < 1.29 is 22.8 Å². The zero-order valence-corrected chi connectivity index (χ0v) is 9.23. The predicted octanol–water partition coefficient (Wildman–Crippen LogP) is -0.689. The summed E-state index contributed by atoms with van der Waals surface area (Å²) in [6, 6.07) is -1.49. The standard InChI is InChI=1S/C8H15F3N4O2/c1-5(13-2-3-14-7(12)17)6(16)15-4-8(9,10)11/h5,13H,2-4H2,1H3,(H,15,16)(H3,12,14,17). The van der Waals surface area contributed by atoms with Crippen molar-refractivity contribution >= 4 is 11.9 Å². The number of rotatable bonds is 6. The molecular formula is C8H15F3N4O2. The minimum absolute atomic E-state index is 0.187. The molecular weight excluding hydrogens is 241 g/mol. The van der Waals surface area contributed by atoms with Crippen LogP contribution in [-0.2, 0) is 4.79 Å². The van der Waals surface area contributed by atoms with Crippen LogP contribution in [0.15, 0.2) is 0 Å². The summed E-state index contributed by atoms with van der Waals surface area (Å²) in [5.41, 5.74) is 4.78. The third-order valence-electron chi connectivity index (χ3n) is 1.73. The number of alkyl halides is 3. The Morgan fingerprint density at radius 1 is 1.24 bits per heavy atom. The van der Waals surface area contributed by atoms with Gasteiger partial charge in [0.05, 0.1) is 6.04 Å². The lowest BCUT2D eigenvalue weighted by Gasteiger charge is -2.15. The highest BCUT2D eigenvalue weighted by Gasteiger charge is 2.28. The fourth-order valence-corrected chi connectivity index (χ4v) is 0.908. The zero-order valence-electron chi connectivity index (χ0n) is 9.23. The van der Waals surface area contributed by atoms with Crippen LogP contribution < -0.4 is 21.7 Å². The Hall–Kier alpha value is -1.51. The lowest BCUT2D eigenvalue weighted by molar-refractivity contribution is -0.139. The lowest BCUT2D eigenvalue weighted by Crippen LogP contribution is -2.47. The monoisotopic (exact) mass is 256 g/mol. The van der Waals surface area contributed by atoms with Crippen molar-refractivity contribution in [3.05, 3.63) is 0 Å². The van der Waals surface area contributed by atoms with Gasteiger partial charge in [-0.1, -0.05) is 0 Å². The summed E-state index contributed by atoms with van der Waals surface area (Å²) in [5.74, 6) is -0.763. The molecule has 0 radical (unpaired) electrons. The van der Waals surface area contributed by atoms with E-state index in [1.807, 2.05) is 0 Å². The van der Waals surface area contributed by atoms with Gasteiger partial charge >= 0.3 is 12.2 Å². The van der Waals surface area contributed by atoms with E-state index in [1.54, 1.807) is 5.32 Å². The number of nitrogens with one attached hydrogen (secondary N) is 3. The van der Waals surface area contributed by atoms with Gasteiger partial charge in [-0.25, -0.2) is 4.79 Å². The van der Waals surface area contributed by atoms with Gasteiger partial charge in [0.2, 0.25) is 5.91 Å². The Bertz CT molecular complexity index is 270. The fraction of sp³-hybridized carbons (Fsp3) is 0.750. The number of hydrogen-bond acceptors (Lipinski definition) is 3. The molecule has 1 unspecified atom stereocenters. The van der Waals surface area contributed by atoms with E-state index in [-0.39, 0.29) is 13.1 Å². The van der Waals surface area contributed by atoms with Gasteiger partial charge in [-0.05, 0) is 6.92 Å². The molecule has 9 heteroatoms. The van der Waals surface area contributed by atoms with E-state index in [1.165, 1.54) is 6.92 Å². The number of carbonyl (C=O) groups is 2. The van der Waals surface area contributed by atoms with Crippen LogP contribution in [-0.4, -0.2) is 43.8 Å². The van der Waals surface area contributed by atoms with Gasteiger partial charge in [0, 0.05) is 13.1 Å². The third-order valence-corrected chi connectivity index (χ3v) is 1.73. The average Bonchev–Trinajstić information content (AvgIpc) is 2.19. The van der Waals surface area contributed by atoms with Crippen molar-refractivity contribution in [2.45, 2.75) is 19.1 Å². The van der Waals surface area contributed by atoms with Crippen molar-refractivity contribution in [3.63, 3.8) is 0 Å². The topological polar surface area (TPSA) is 96.2 Å². The number of urea groups is 1. The van der Waals surface area contributed by atoms with Gasteiger partial charge in [0.15, 0.2) is 0 Å². The molecule has 0 saturated carbocycles. The quantitative estimate of drug-likeness (QED) is 0.474. The first-order valence-electron chi connectivity index (χ1n) is 4.83.